The first-order valence-electron chi connectivity index (χ1n) is 13.7. The van der Waals surface area contributed by atoms with E-state index in [9.17, 15) is 19.8 Å². The second-order valence-electron chi connectivity index (χ2n) is 11.5. The van der Waals surface area contributed by atoms with E-state index in [0.29, 0.717) is 34.5 Å². The number of carboxylic acids is 1. The molecule has 1 atom stereocenters. The van der Waals surface area contributed by atoms with E-state index in [2.05, 4.69) is 0 Å². The number of amides is 1. The molecule has 0 fully saturated rings. The predicted octanol–water partition coefficient (Wildman–Crippen LogP) is 7.75. The SMILES string of the molecule is CC(C)n1cc(C(=O)O)c2ccc(-c3ccc(CCN(C[C@H](O)c4cccc(Cl)c4)C(=O)OC(C)(C)C)cc3)cc21. The Bertz CT molecular complexity index is 1540. The van der Waals surface area contributed by atoms with Crippen molar-refractivity contribution in [3.63, 3.8) is 0 Å². The van der Waals surface area contributed by atoms with Crippen LogP contribution in [0.4, 0.5) is 4.79 Å². The molecule has 1 aromatic heterocycles. The van der Waals surface area contributed by atoms with Crippen LogP contribution in [0.5, 0.6) is 0 Å². The van der Waals surface area contributed by atoms with Crippen molar-refractivity contribution < 1.29 is 24.5 Å². The van der Waals surface area contributed by atoms with E-state index < -0.39 is 23.8 Å². The molecule has 3 aromatic carbocycles. The summed E-state index contributed by atoms with van der Waals surface area (Å²) in [5.41, 5.74) is 4.16. The zero-order valence-electron chi connectivity index (χ0n) is 24.1. The molecule has 7 nitrogen and oxygen atoms in total. The van der Waals surface area contributed by atoms with Gasteiger partial charge < -0.3 is 24.4 Å². The Morgan fingerprint density at radius 1 is 1.00 bits per heavy atom. The van der Waals surface area contributed by atoms with Crippen LogP contribution < -0.4 is 0 Å². The summed E-state index contributed by atoms with van der Waals surface area (Å²) >= 11 is 6.10. The van der Waals surface area contributed by atoms with Crippen molar-refractivity contribution in [2.45, 2.75) is 58.8 Å². The maximum absolute atomic E-state index is 13.0. The Kier molecular flexibility index (Phi) is 9.10. The van der Waals surface area contributed by atoms with Gasteiger partial charge in [-0.25, -0.2) is 9.59 Å². The topological polar surface area (TPSA) is 92.0 Å². The molecular weight excluding hydrogens is 540 g/mol. The van der Waals surface area contributed by atoms with Gasteiger partial charge in [-0.2, -0.15) is 0 Å². The molecule has 41 heavy (non-hydrogen) atoms. The van der Waals surface area contributed by atoms with Gasteiger partial charge in [0, 0.05) is 34.7 Å². The van der Waals surface area contributed by atoms with Crippen LogP contribution in [0.25, 0.3) is 22.0 Å². The van der Waals surface area contributed by atoms with E-state index in [0.717, 1.165) is 22.2 Å². The van der Waals surface area contributed by atoms with E-state index in [1.54, 1.807) is 30.5 Å². The summed E-state index contributed by atoms with van der Waals surface area (Å²) in [5, 5.41) is 21.7. The molecule has 4 aromatic rings. The number of aliphatic hydroxyl groups is 1. The molecule has 0 saturated heterocycles. The number of ether oxygens (including phenoxy) is 1. The van der Waals surface area contributed by atoms with Crippen molar-refractivity contribution in [3.8, 4) is 11.1 Å². The van der Waals surface area contributed by atoms with Crippen molar-refractivity contribution in [1.29, 1.82) is 0 Å². The highest BCUT2D eigenvalue weighted by Gasteiger charge is 2.25. The lowest BCUT2D eigenvalue weighted by molar-refractivity contribution is 0.0147. The number of fused-ring (bicyclic) bond motifs is 1. The number of aliphatic hydroxyl groups excluding tert-OH is 1. The summed E-state index contributed by atoms with van der Waals surface area (Å²) < 4.78 is 7.60. The molecule has 0 bridgehead atoms. The normalized spacial score (nSPS) is 12.5. The number of benzene rings is 3. The van der Waals surface area contributed by atoms with Gasteiger partial charge in [-0.15, -0.1) is 0 Å². The van der Waals surface area contributed by atoms with Crippen molar-refractivity contribution in [2.24, 2.45) is 0 Å². The summed E-state index contributed by atoms with van der Waals surface area (Å²) in [6.45, 7) is 9.92. The maximum Gasteiger partial charge on any atom is 0.410 e. The molecule has 0 unspecified atom stereocenters. The Morgan fingerprint density at radius 2 is 1.68 bits per heavy atom. The first kappa shape index (κ1) is 30.2. The standard InChI is InChI=1S/C33H37ClN2O5/c1-21(2)36-19-28(31(38)39)27-14-13-24(18-29(27)36)23-11-9-22(10-12-23)15-16-35(32(40)41-33(3,4)5)20-30(37)25-7-6-8-26(34)17-25/h6-14,17-19,21,30,37H,15-16,20H2,1-5H3,(H,38,39)/t30-/m0/s1. The number of carbonyl (C=O) groups is 2. The van der Waals surface area contributed by atoms with Gasteiger partial charge in [0.15, 0.2) is 0 Å². The van der Waals surface area contributed by atoms with Crippen LogP contribution in [-0.4, -0.2) is 50.4 Å². The molecule has 216 valence electrons. The number of rotatable bonds is 9. The van der Waals surface area contributed by atoms with Crippen molar-refractivity contribution in [2.75, 3.05) is 13.1 Å². The van der Waals surface area contributed by atoms with E-state index in [-0.39, 0.29) is 12.6 Å². The highest BCUT2D eigenvalue weighted by molar-refractivity contribution is 6.30. The van der Waals surface area contributed by atoms with E-state index in [4.69, 9.17) is 16.3 Å². The average Bonchev–Trinajstić information content (AvgIpc) is 3.30. The molecule has 2 N–H and O–H groups in total. The van der Waals surface area contributed by atoms with Crippen LogP contribution in [0.15, 0.2) is 72.9 Å². The molecule has 1 heterocycles. The minimum atomic E-state index is -0.938. The number of aromatic nitrogens is 1. The van der Waals surface area contributed by atoms with Crippen molar-refractivity contribution in [3.05, 3.63) is 94.6 Å². The Labute approximate surface area is 245 Å². The zero-order valence-corrected chi connectivity index (χ0v) is 24.9. The van der Waals surface area contributed by atoms with Crippen molar-refractivity contribution in [1.82, 2.24) is 9.47 Å². The van der Waals surface area contributed by atoms with Crippen LogP contribution >= 0.6 is 11.6 Å². The molecule has 1 amide bonds. The van der Waals surface area contributed by atoms with E-state index in [1.165, 1.54) is 4.90 Å². The number of nitrogens with zero attached hydrogens (tertiary/aromatic N) is 2. The van der Waals surface area contributed by atoms with Gasteiger partial charge in [0.1, 0.15) is 5.60 Å². The molecular formula is C33H37ClN2O5. The van der Waals surface area contributed by atoms with Crippen molar-refractivity contribution >= 4 is 34.6 Å². The fourth-order valence-corrected chi connectivity index (χ4v) is 4.97. The molecule has 0 aliphatic heterocycles. The molecule has 0 aliphatic rings. The summed E-state index contributed by atoms with van der Waals surface area (Å²) in [4.78, 5) is 26.3. The van der Waals surface area contributed by atoms with Gasteiger partial charge in [0.05, 0.1) is 18.2 Å². The lowest BCUT2D eigenvalue weighted by atomic mass is 10.0. The third-order valence-electron chi connectivity index (χ3n) is 6.86. The summed E-state index contributed by atoms with van der Waals surface area (Å²) in [5.74, 6) is -0.938. The minimum Gasteiger partial charge on any atom is -0.478 e. The highest BCUT2D eigenvalue weighted by Crippen LogP contribution is 2.30. The van der Waals surface area contributed by atoms with Gasteiger partial charge in [-0.3, -0.25) is 0 Å². The summed E-state index contributed by atoms with van der Waals surface area (Å²) in [6, 6.07) is 21.0. The quantitative estimate of drug-likeness (QED) is 0.212. The lowest BCUT2D eigenvalue weighted by Gasteiger charge is -2.29. The van der Waals surface area contributed by atoms with Gasteiger partial charge in [-0.05, 0) is 81.5 Å². The Hall–Kier alpha value is -3.81. The Morgan fingerprint density at radius 3 is 2.29 bits per heavy atom. The summed E-state index contributed by atoms with van der Waals surface area (Å²) in [6.07, 6.45) is 0.867. The number of hydrogen-bond donors (Lipinski definition) is 2. The number of aromatic carboxylic acids is 1. The van der Waals surface area contributed by atoms with Crippen LogP contribution in [0.2, 0.25) is 5.02 Å². The zero-order chi connectivity index (χ0) is 29.9. The fraction of sp³-hybridized carbons (Fsp3) is 0.333. The van der Waals surface area contributed by atoms with E-state index >= 15 is 0 Å². The first-order valence-corrected chi connectivity index (χ1v) is 14.1. The number of carbonyl (C=O) groups excluding carboxylic acids is 1. The number of hydrogen-bond acceptors (Lipinski definition) is 4. The smallest absolute Gasteiger partial charge is 0.410 e. The Balaban J connectivity index is 1.51. The molecule has 0 saturated carbocycles. The van der Waals surface area contributed by atoms with E-state index in [1.807, 2.05) is 81.7 Å². The molecule has 0 spiro atoms. The average molecular weight is 577 g/mol. The van der Waals surface area contributed by atoms with Crippen LogP contribution in [-0.2, 0) is 11.2 Å². The second-order valence-corrected chi connectivity index (χ2v) is 12.0. The van der Waals surface area contributed by atoms with Gasteiger partial charge in [0.25, 0.3) is 0 Å². The van der Waals surface area contributed by atoms with Gasteiger partial charge in [-0.1, -0.05) is 60.1 Å². The van der Waals surface area contributed by atoms with Crippen LogP contribution in [0.1, 0.15) is 68.2 Å². The lowest BCUT2D eigenvalue weighted by Crippen LogP contribution is -2.40. The number of halogens is 1. The predicted molar refractivity (Wildman–Crippen MR) is 163 cm³/mol. The molecule has 4 rings (SSSR count). The summed E-state index contributed by atoms with van der Waals surface area (Å²) in [7, 11) is 0. The molecule has 0 aliphatic carbocycles. The molecule has 0 radical (unpaired) electrons. The van der Waals surface area contributed by atoms with Gasteiger partial charge in [0.2, 0.25) is 0 Å². The third-order valence-corrected chi connectivity index (χ3v) is 7.09. The largest absolute Gasteiger partial charge is 0.478 e. The second kappa shape index (κ2) is 12.4. The maximum atomic E-state index is 13.0. The highest BCUT2D eigenvalue weighted by atomic mass is 35.5. The molecule has 8 heteroatoms. The van der Waals surface area contributed by atoms with Gasteiger partial charge >= 0.3 is 12.1 Å². The first-order chi connectivity index (χ1) is 19.3. The minimum absolute atomic E-state index is 0.0706. The third kappa shape index (κ3) is 7.48. The van der Waals surface area contributed by atoms with Crippen LogP contribution in [0.3, 0.4) is 0 Å². The van der Waals surface area contributed by atoms with Crippen LogP contribution in [0, 0.1) is 0 Å². The monoisotopic (exact) mass is 576 g/mol. The number of carboxylic acid groups (broad SMARTS) is 1. The fourth-order valence-electron chi connectivity index (χ4n) is 4.77.